The van der Waals surface area contributed by atoms with Crippen molar-refractivity contribution in [2.24, 2.45) is 0 Å². The number of aryl methyl sites for hydroxylation is 1. The fourth-order valence-electron chi connectivity index (χ4n) is 2.78. The monoisotopic (exact) mass is 314 g/mol. The summed E-state index contributed by atoms with van der Waals surface area (Å²) in [6.45, 7) is 6.25. The van der Waals surface area contributed by atoms with Gasteiger partial charge in [-0.3, -0.25) is 0 Å². The number of benzene rings is 3. The molecule has 24 heavy (non-hydrogen) atoms. The smallest absolute Gasteiger partial charge is 0.138 e. The first-order chi connectivity index (χ1) is 11.6. The van der Waals surface area contributed by atoms with E-state index in [-0.39, 0.29) is 0 Å². The summed E-state index contributed by atoms with van der Waals surface area (Å²) in [4.78, 5) is 0. The van der Waals surface area contributed by atoms with Gasteiger partial charge in [0.1, 0.15) is 11.8 Å². The molecule has 118 valence electrons. The van der Waals surface area contributed by atoms with E-state index in [1.807, 2.05) is 18.2 Å². The van der Waals surface area contributed by atoms with Crippen LogP contribution in [0.1, 0.15) is 16.7 Å². The maximum absolute atomic E-state index is 9.07. The van der Waals surface area contributed by atoms with E-state index in [2.05, 4.69) is 49.2 Å². The maximum atomic E-state index is 9.07. The minimum Gasteiger partial charge on any atom is -0.495 e. The topological polar surface area (TPSA) is 45.0 Å². The molecule has 3 nitrogen and oxygen atoms in total. The molecule has 0 aliphatic carbocycles. The molecule has 3 aromatic rings. The zero-order valence-electron chi connectivity index (χ0n) is 13.8. The van der Waals surface area contributed by atoms with Crippen LogP contribution in [0.4, 0.5) is 5.69 Å². The highest BCUT2D eigenvalue weighted by molar-refractivity contribution is 5.89. The molecule has 0 radical (unpaired) electrons. The standard InChI is InChI=1S/C21H18N2O/c1-14-10-16-6-4-5-7-17(16)11-20(14)15(2)23-19-9-8-18(13-22)21(12-19)24-3/h4-12,23H,2H2,1,3H3. The molecule has 0 aromatic heterocycles. The average Bonchev–Trinajstić information content (AvgIpc) is 2.60. The molecule has 0 fully saturated rings. The van der Waals surface area contributed by atoms with Crippen molar-refractivity contribution < 1.29 is 4.74 Å². The molecule has 0 saturated carbocycles. The number of hydrogen-bond acceptors (Lipinski definition) is 3. The Bertz CT molecular complexity index is 967. The van der Waals surface area contributed by atoms with Crippen molar-refractivity contribution in [1.29, 1.82) is 5.26 Å². The minimum atomic E-state index is 0.510. The average molecular weight is 314 g/mol. The number of hydrogen-bond donors (Lipinski definition) is 1. The van der Waals surface area contributed by atoms with Crippen LogP contribution in [0.2, 0.25) is 0 Å². The minimum absolute atomic E-state index is 0.510. The Morgan fingerprint density at radius 3 is 2.46 bits per heavy atom. The second kappa shape index (κ2) is 6.47. The molecule has 0 atom stereocenters. The Morgan fingerprint density at radius 2 is 1.79 bits per heavy atom. The number of nitrogens with zero attached hydrogens (tertiary/aromatic N) is 1. The third kappa shape index (κ3) is 2.95. The van der Waals surface area contributed by atoms with Gasteiger partial charge >= 0.3 is 0 Å². The van der Waals surface area contributed by atoms with Crippen LogP contribution in [0.25, 0.3) is 16.5 Å². The van der Waals surface area contributed by atoms with Crippen molar-refractivity contribution >= 4 is 22.2 Å². The Labute approximate surface area is 141 Å². The summed E-state index contributed by atoms with van der Waals surface area (Å²) < 4.78 is 5.25. The Balaban J connectivity index is 1.93. The molecule has 0 spiro atoms. The van der Waals surface area contributed by atoms with E-state index in [1.54, 1.807) is 19.2 Å². The summed E-state index contributed by atoms with van der Waals surface area (Å²) in [5.74, 6) is 0.547. The molecule has 3 heteroatoms. The number of ether oxygens (including phenoxy) is 1. The fraction of sp³-hybridized carbons (Fsp3) is 0.0952. The van der Waals surface area contributed by atoms with Gasteiger partial charge in [-0.25, -0.2) is 0 Å². The number of anilines is 1. The van der Waals surface area contributed by atoms with Crippen LogP contribution in [0, 0.1) is 18.3 Å². The van der Waals surface area contributed by atoms with E-state index in [0.717, 1.165) is 22.5 Å². The largest absolute Gasteiger partial charge is 0.495 e. The van der Waals surface area contributed by atoms with Crippen molar-refractivity contribution in [1.82, 2.24) is 0 Å². The summed E-state index contributed by atoms with van der Waals surface area (Å²) in [5.41, 5.74) is 4.38. The first kappa shape index (κ1) is 15.6. The number of methoxy groups -OCH3 is 1. The van der Waals surface area contributed by atoms with Gasteiger partial charge in [-0.05, 0) is 41.5 Å². The summed E-state index contributed by atoms with van der Waals surface area (Å²) >= 11 is 0. The van der Waals surface area contributed by atoms with Crippen LogP contribution in [-0.2, 0) is 0 Å². The molecule has 3 rings (SSSR count). The van der Waals surface area contributed by atoms with E-state index < -0.39 is 0 Å². The van der Waals surface area contributed by atoms with Crippen molar-refractivity contribution in [3.8, 4) is 11.8 Å². The van der Waals surface area contributed by atoms with Gasteiger partial charge in [-0.15, -0.1) is 0 Å². The SMILES string of the molecule is C=C(Nc1ccc(C#N)c(OC)c1)c1cc2ccccc2cc1C. The lowest BCUT2D eigenvalue weighted by Crippen LogP contribution is -2.00. The second-order valence-electron chi connectivity index (χ2n) is 5.64. The molecule has 0 saturated heterocycles. The second-order valence-corrected chi connectivity index (χ2v) is 5.64. The predicted octanol–water partition coefficient (Wildman–Crippen LogP) is 5.11. The predicted molar refractivity (Wildman–Crippen MR) is 99.1 cm³/mol. The lowest BCUT2D eigenvalue weighted by atomic mass is 10.00. The first-order valence-corrected chi connectivity index (χ1v) is 7.66. The summed E-state index contributed by atoms with van der Waals surface area (Å²) in [7, 11) is 1.56. The van der Waals surface area contributed by atoms with Crippen LogP contribution < -0.4 is 10.1 Å². The lowest BCUT2D eigenvalue weighted by molar-refractivity contribution is 0.413. The van der Waals surface area contributed by atoms with E-state index in [4.69, 9.17) is 10.00 Å². The third-order valence-corrected chi connectivity index (χ3v) is 4.04. The quantitative estimate of drug-likeness (QED) is 0.727. The lowest BCUT2D eigenvalue weighted by Gasteiger charge is -2.14. The van der Waals surface area contributed by atoms with Gasteiger partial charge < -0.3 is 10.1 Å². The number of rotatable bonds is 4. The van der Waals surface area contributed by atoms with Crippen molar-refractivity contribution in [2.45, 2.75) is 6.92 Å². The highest BCUT2D eigenvalue weighted by Gasteiger charge is 2.08. The molecule has 0 amide bonds. The van der Waals surface area contributed by atoms with Crippen molar-refractivity contribution in [3.05, 3.63) is 77.9 Å². The number of nitrogens with one attached hydrogen (secondary N) is 1. The number of fused-ring (bicyclic) bond motifs is 1. The first-order valence-electron chi connectivity index (χ1n) is 7.66. The highest BCUT2D eigenvalue weighted by Crippen LogP contribution is 2.28. The van der Waals surface area contributed by atoms with Gasteiger partial charge in [0, 0.05) is 23.0 Å². The van der Waals surface area contributed by atoms with Gasteiger partial charge in [-0.1, -0.05) is 36.9 Å². The molecule has 0 bridgehead atoms. The molecule has 0 aliphatic heterocycles. The van der Waals surface area contributed by atoms with Crippen LogP contribution in [0.3, 0.4) is 0 Å². The fourth-order valence-corrected chi connectivity index (χ4v) is 2.78. The van der Waals surface area contributed by atoms with Gasteiger partial charge in [0.15, 0.2) is 0 Å². The van der Waals surface area contributed by atoms with Crippen LogP contribution in [0.5, 0.6) is 5.75 Å². The molecule has 1 N–H and O–H groups in total. The summed E-state index contributed by atoms with van der Waals surface area (Å²) in [6, 6.07) is 20.1. The normalized spacial score (nSPS) is 10.2. The van der Waals surface area contributed by atoms with Gasteiger partial charge in [-0.2, -0.15) is 5.26 Å². The summed E-state index contributed by atoms with van der Waals surface area (Å²) in [5, 5.41) is 14.8. The van der Waals surface area contributed by atoms with Crippen molar-refractivity contribution in [2.75, 3.05) is 12.4 Å². The third-order valence-electron chi connectivity index (χ3n) is 4.04. The van der Waals surface area contributed by atoms with Gasteiger partial charge in [0.05, 0.1) is 12.7 Å². The molecule has 3 aromatic carbocycles. The zero-order valence-corrected chi connectivity index (χ0v) is 13.8. The maximum Gasteiger partial charge on any atom is 0.138 e. The summed E-state index contributed by atoms with van der Waals surface area (Å²) in [6.07, 6.45) is 0. The molecular weight excluding hydrogens is 296 g/mol. The zero-order chi connectivity index (χ0) is 17.1. The van der Waals surface area contributed by atoms with E-state index in [1.165, 1.54) is 10.8 Å². The Kier molecular flexibility index (Phi) is 4.22. The Morgan fingerprint density at radius 1 is 1.08 bits per heavy atom. The molecule has 0 aliphatic rings. The van der Waals surface area contributed by atoms with Crippen LogP contribution >= 0.6 is 0 Å². The van der Waals surface area contributed by atoms with Crippen LogP contribution in [0.15, 0.2) is 61.2 Å². The van der Waals surface area contributed by atoms with E-state index in [0.29, 0.717) is 11.3 Å². The highest BCUT2D eigenvalue weighted by atomic mass is 16.5. The number of nitriles is 1. The molecular formula is C21H18N2O. The van der Waals surface area contributed by atoms with E-state index in [9.17, 15) is 0 Å². The Hall–Kier alpha value is -3.25. The van der Waals surface area contributed by atoms with Gasteiger partial charge in [0.25, 0.3) is 0 Å². The van der Waals surface area contributed by atoms with Gasteiger partial charge in [0.2, 0.25) is 0 Å². The molecule has 0 unspecified atom stereocenters. The van der Waals surface area contributed by atoms with E-state index >= 15 is 0 Å². The van der Waals surface area contributed by atoms with Crippen molar-refractivity contribution in [3.63, 3.8) is 0 Å². The molecule has 0 heterocycles. The van der Waals surface area contributed by atoms with Crippen LogP contribution in [-0.4, -0.2) is 7.11 Å².